The van der Waals surface area contributed by atoms with Gasteiger partial charge >= 0.3 is 33.3 Å². The molecule has 52 heavy (non-hydrogen) atoms. The van der Waals surface area contributed by atoms with E-state index in [-0.39, 0.29) is 17.1 Å². The summed E-state index contributed by atoms with van der Waals surface area (Å²) in [5.41, 5.74) is 1.16. The minimum Gasteiger partial charge on any atom is -0.427 e. The number of nitrogens with zero attached hydrogens (tertiary/aromatic N) is 1. The molecule has 0 spiro atoms. The molecule has 0 fully saturated rings. The summed E-state index contributed by atoms with van der Waals surface area (Å²) < 4.78 is 64.9. The summed E-state index contributed by atoms with van der Waals surface area (Å²) in [5, 5.41) is 0. The summed E-state index contributed by atoms with van der Waals surface area (Å²) in [4.78, 5) is 60.4. The van der Waals surface area contributed by atoms with Crippen molar-refractivity contribution in [3.63, 3.8) is 0 Å². The van der Waals surface area contributed by atoms with E-state index in [1.165, 1.54) is 80.7 Å². The van der Waals surface area contributed by atoms with Crippen molar-refractivity contribution in [1.82, 2.24) is 9.55 Å². The molecule has 0 saturated carbocycles. The van der Waals surface area contributed by atoms with Gasteiger partial charge in [-0.3, -0.25) is 32.7 Å². The highest BCUT2D eigenvalue weighted by molar-refractivity contribution is 7.61. The summed E-state index contributed by atoms with van der Waals surface area (Å²) in [6.07, 6.45) is 2.36. The van der Waals surface area contributed by atoms with Crippen molar-refractivity contribution in [2.45, 2.75) is 46.3 Å². The number of carbonyl (C=O) groups excluding carboxylic acids is 2. The molecule has 0 saturated heterocycles. The maximum absolute atomic E-state index is 13.8. The molecular formula is C34H34N2O14P2. The molecule has 3 aromatic carbocycles. The third kappa shape index (κ3) is 10.9. The van der Waals surface area contributed by atoms with Gasteiger partial charge in [-0.1, -0.05) is 48.0 Å². The van der Waals surface area contributed by atoms with Crippen molar-refractivity contribution in [3.8, 4) is 11.5 Å². The Balaban J connectivity index is 1.23. The van der Waals surface area contributed by atoms with Crippen molar-refractivity contribution < 1.29 is 55.7 Å². The van der Waals surface area contributed by atoms with E-state index in [1.54, 1.807) is 24.3 Å². The first-order chi connectivity index (χ1) is 24.7. The average molecular weight is 757 g/mol. The maximum atomic E-state index is 13.8. The molecule has 18 heteroatoms. The molecule has 0 aliphatic carbocycles. The lowest BCUT2D eigenvalue weighted by Crippen LogP contribution is -2.33. The lowest BCUT2D eigenvalue weighted by molar-refractivity contribution is -0.131. The number of rotatable bonds is 15. The second kappa shape index (κ2) is 16.7. The summed E-state index contributed by atoms with van der Waals surface area (Å²) in [6, 6.07) is 18.8. The molecule has 0 bridgehead atoms. The van der Waals surface area contributed by atoms with Gasteiger partial charge in [0.25, 0.3) is 5.56 Å². The van der Waals surface area contributed by atoms with Crippen molar-refractivity contribution >= 4 is 27.6 Å². The Morgan fingerprint density at radius 3 is 1.98 bits per heavy atom. The molecular weight excluding hydrogens is 722 g/mol. The SMILES string of the molecule is CC(=O)Oc1ccc(COP(=O)(OCc2ccc(OC(=O)c3ccc(C)cc3)cc2)OP(=O)(O)OC[C@@H]2C=C[C@H](n3cc(C)c(=O)[nH]c3=O)O2)cc1. The number of ether oxygens (including phenoxy) is 3. The van der Waals surface area contributed by atoms with E-state index in [4.69, 9.17) is 32.1 Å². The zero-order valence-electron chi connectivity index (χ0n) is 28.0. The number of esters is 2. The third-order valence-electron chi connectivity index (χ3n) is 7.21. The van der Waals surface area contributed by atoms with Gasteiger partial charge in [0, 0.05) is 18.7 Å². The third-order valence-corrected chi connectivity index (χ3v) is 10.2. The highest BCUT2D eigenvalue weighted by Crippen LogP contribution is 2.64. The van der Waals surface area contributed by atoms with Crippen LogP contribution in [-0.4, -0.2) is 39.1 Å². The van der Waals surface area contributed by atoms with E-state index in [0.29, 0.717) is 16.7 Å². The molecule has 1 aliphatic heterocycles. The van der Waals surface area contributed by atoms with Crippen LogP contribution in [0.4, 0.5) is 0 Å². The number of phosphoric acid groups is 2. The molecule has 274 valence electrons. The lowest BCUT2D eigenvalue weighted by atomic mass is 10.1. The summed E-state index contributed by atoms with van der Waals surface area (Å²) in [7, 11) is -10.0. The monoisotopic (exact) mass is 756 g/mol. The van der Waals surface area contributed by atoms with E-state index in [0.717, 1.165) is 10.1 Å². The number of H-pyrrole nitrogens is 1. The molecule has 4 atom stereocenters. The highest BCUT2D eigenvalue weighted by atomic mass is 31.3. The van der Waals surface area contributed by atoms with Gasteiger partial charge in [0.1, 0.15) is 17.6 Å². The van der Waals surface area contributed by atoms with Crippen molar-refractivity contribution in [1.29, 1.82) is 0 Å². The average Bonchev–Trinajstić information content (AvgIpc) is 3.57. The van der Waals surface area contributed by atoms with Crippen LogP contribution in [0, 0.1) is 13.8 Å². The number of hydrogen-bond donors (Lipinski definition) is 2. The Morgan fingerprint density at radius 1 is 0.827 bits per heavy atom. The van der Waals surface area contributed by atoms with Crippen molar-refractivity contribution in [3.05, 3.63) is 140 Å². The van der Waals surface area contributed by atoms with E-state index in [9.17, 15) is 33.2 Å². The summed E-state index contributed by atoms with van der Waals surface area (Å²) in [5.74, 6) is -0.620. The molecule has 5 rings (SSSR count). The minimum atomic E-state index is -5.16. The molecule has 1 aliphatic rings. The second-order valence-electron chi connectivity index (χ2n) is 11.4. The predicted molar refractivity (Wildman–Crippen MR) is 183 cm³/mol. The van der Waals surface area contributed by atoms with Gasteiger partial charge in [-0.25, -0.2) is 18.7 Å². The minimum absolute atomic E-state index is 0.224. The number of benzene rings is 3. The first kappa shape index (κ1) is 38.5. The number of nitrogens with one attached hydrogen (secondary N) is 1. The van der Waals surface area contributed by atoms with E-state index < -0.39 is 71.0 Å². The fraction of sp³-hybridized carbons (Fsp3) is 0.235. The van der Waals surface area contributed by atoms with Crippen molar-refractivity contribution in [2.24, 2.45) is 0 Å². The second-order valence-corrected chi connectivity index (χ2v) is 14.7. The van der Waals surface area contributed by atoms with Crippen LogP contribution in [0.2, 0.25) is 0 Å². The Labute approximate surface area is 296 Å². The zero-order valence-corrected chi connectivity index (χ0v) is 29.8. The fourth-order valence-corrected chi connectivity index (χ4v) is 7.16. The molecule has 1 aromatic heterocycles. The predicted octanol–water partition coefficient (Wildman–Crippen LogP) is 5.43. The molecule has 16 nitrogen and oxygen atoms in total. The number of aryl methyl sites for hydroxylation is 2. The van der Waals surface area contributed by atoms with Crippen LogP contribution >= 0.6 is 15.6 Å². The number of phosphoric ester groups is 2. The Bertz CT molecular complexity index is 2150. The fourth-order valence-electron chi connectivity index (χ4n) is 4.56. The van der Waals surface area contributed by atoms with Crippen molar-refractivity contribution in [2.75, 3.05) is 6.61 Å². The molecule has 2 heterocycles. The smallest absolute Gasteiger partial charge is 0.427 e. The number of hydrogen-bond acceptors (Lipinski definition) is 13. The Morgan fingerprint density at radius 2 is 1.40 bits per heavy atom. The zero-order chi connectivity index (χ0) is 37.5. The van der Waals surface area contributed by atoms with Gasteiger partial charge in [-0.2, -0.15) is 4.31 Å². The molecule has 4 aromatic rings. The Kier molecular flexibility index (Phi) is 12.4. The number of carbonyl (C=O) groups is 2. The summed E-state index contributed by atoms with van der Waals surface area (Å²) in [6.45, 7) is 3.22. The van der Waals surface area contributed by atoms with Crippen LogP contribution in [0.1, 0.15) is 45.8 Å². The quantitative estimate of drug-likeness (QED) is 0.0672. The Hall–Kier alpha value is -4.76. The van der Waals surface area contributed by atoms with Crippen LogP contribution in [0.3, 0.4) is 0 Å². The van der Waals surface area contributed by atoms with E-state index in [1.807, 2.05) is 6.92 Å². The molecule has 0 amide bonds. The van der Waals surface area contributed by atoms with Crippen LogP contribution in [0.5, 0.6) is 11.5 Å². The number of aromatic amines is 1. The molecule has 0 radical (unpaired) electrons. The normalized spacial score (nSPS) is 17.6. The molecule has 2 N–H and O–H groups in total. The standard InChI is InChI=1S/C34H34N2O14P2/c1-22-4-10-27(11-5-22)33(39)49-29-14-8-26(9-15-29)20-46-52(43,45-19-25-6-12-28(13-7-25)47-24(3)37)50-51(41,42)44-21-30-16-17-31(48-30)36-18-23(2)32(38)35-34(36)40/h4-18,30-31H,19-21H2,1-3H3,(H,41,42)(H,35,38,40)/t30-,31+,52?/m0/s1. The summed E-state index contributed by atoms with van der Waals surface area (Å²) >= 11 is 0. The van der Waals surface area contributed by atoms with Crippen LogP contribution in [-0.2, 0) is 49.8 Å². The van der Waals surface area contributed by atoms with Crippen LogP contribution < -0.4 is 20.7 Å². The van der Waals surface area contributed by atoms with Gasteiger partial charge in [0.15, 0.2) is 6.23 Å². The van der Waals surface area contributed by atoms with E-state index >= 15 is 0 Å². The highest BCUT2D eigenvalue weighted by Gasteiger charge is 2.39. The first-order valence-corrected chi connectivity index (χ1v) is 18.5. The van der Waals surface area contributed by atoms with Crippen LogP contribution in [0.25, 0.3) is 0 Å². The van der Waals surface area contributed by atoms with Gasteiger partial charge in [-0.15, -0.1) is 0 Å². The first-order valence-electron chi connectivity index (χ1n) is 15.6. The van der Waals surface area contributed by atoms with Gasteiger partial charge in [0.2, 0.25) is 0 Å². The van der Waals surface area contributed by atoms with E-state index in [2.05, 4.69) is 4.98 Å². The van der Waals surface area contributed by atoms with Gasteiger partial charge in [0.05, 0.1) is 25.4 Å². The van der Waals surface area contributed by atoms with Gasteiger partial charge < -0.3 is 19.1 Å². The lowest BCUT2D eigenvalue weighted by Gasteiger charge is -2.22. The number of aromatic nitrogens is 2. The van der Waals surface area contributed by atoms with Gasteiger partial charge in [-0.05, 0) is 67.4 Å². The largest absolute Gasteiger partial charge is 0.484 e. The maximum Gasteiger partial charge on any atom is 0.484 e. The topological polar surface area (TPSA) is 208 Å². The van der Waals surface area contributed by atoms with Crippen LogP contribution in [0.15, 0.2) is 101 Å². The molecule has 2 unspecified atom stereocenters.